The number of furan rings is 1. The summed E-state index contributed by atoms with van der Waals surface area (Å²) >= 11 is 13.1. The molecule has 3 rings (SSSR count). The third kappa shape index (κ3) is 2.73. The van der Waals surface area contributed by atoms with Crippen LogP contribution in [0.15, 0.2) is 55.8 Å². The Morgan fingerprint density at radius 3 is 2.70 bits per heavy atom. The zero-order chi connectivity index (χ0) is 14.1. The Labute approximate surface area is 138 Å². The van der Waals surface area contributed by atoms with Crippen molar-refractivity contribution in [1.29, 1.82) is 0 Å². The summed E-state index contributed by atoms with van der Waals surface area (Å²) in [5, 5.41) is 4.84. The van der Waals surface area contributed by atoms with Gasteiger partial charge < -0.3 is 9.73 Å². The van der Waals surface area contributed by atoms with Gasteiger partial charge in [-0.1, -0.05) is 34.1 Å². The third-order valence-electron chi connectivity index (χ3n) is 3.04. The van der Waals surface area contributed by atoms with E-state index in [9.17, 15) is 0 Å². The van der Waals surface area contributed by atoms with Gasteiger partial charge in [0, 0.05) is 32.1 Å². The summed E-state index contributed by atoms with van der Waals surface area (Å²) in [6, 6.07) is 13.8. The molecule has 2 nitrogen and oxygen atoms in total. The lowest BCUT2D eigenvalue weighted by Crippen LogP contribution is -1.99. The quantitative estimate of drug-likeness (QED) is 0.549. The molecule has 0 atom stereocenters. The molecule has 1 heterocycles. The predicted octanol–water partition coefficient (Wildman–Crippen LogP) is 6.22. The van der Waals surface area contributed by atoms with Crippen molar-refractivity contribution in [1.82, 2.24) is 0 Å². The first-order chi connectivity index (χ1) is 9.65. The first-order valence-corrected chi connectivity index (χ1v) is 7.96. The molecule has 0 aliphatic rings. The Morgan fingerprint density at radius 1 is 1.10 bits per heavy atom. The van der Waals surface area contributed by atoms with Crippen LogP contribution in [-0.2, 0) is 6.54 Å². The predicted molar refractivity (Wildman–Crippen MR) is 90.4 cm³/mol. The average molecular weight is 416 g/mol. The van der Waals surface area contributed by atoms with Crippen molar-refractivity contribution in [3.8, 4) is 0 Å². The normalized spacial score (nSPS) is 10.9. The minimum atomic E-state index is 0.437. The highest BCUT2D eigenvalue weighted by molar-refractivity contribution is 9.11. The summed E-state index contributed by atoms with van der Waals surface area (Å²) in [4.78, 5) is 0. The van der Waals surface area contributed by atoms with E-state index in [2.05, 4.69) is 37.2 Å². The van der Waals surface area contributed by atoms with Gasteiger partial charge in [-0.3, -0.25) is 0 Å². The van der Waals surface area contributed by atoms with Crippen LogP contribution in [0.5, 0.6) is 0 Å². The van der Waals surface area contributed by atoms with Gasteiger partial charge in [0.25, 0.3) is 0 Å². The molecule has 102 valence electrons. The van der Waals surface area contributed by atoms with E-state index >= 15 is 0 Å². The van der Waals surface area contributed by atoms with Gasteiger partial charge in [-0.05, 0) is 51.8 Å². The number of para-hydroxylation sites is 1. The molecule has 0 aliphatic carbocycles. The van der Waals surface area contributed by atoms with Crippen molar-refractivity contribution in [2.45, 2.75) is 6.54 Å². The van der Waals surface area contributed by atoms with Crippen molar-refractivity contribution in [2.75, 3.05) is 5.32 Å². The summed E-state index contributed by atoms with van der Waals surface area (Å²) in [5.74, 6) is 0. The molecule has 0 fully saturated rings. The fourth-order valence-corrected chi connectivity index (χ4v) is 3.49. The lowest BCUT2D eigenvalue weighted by molar-refractivity contribution is 0.613. The molecule has 1 aromatic heterocycles. The lowest BCUT2D eigenvalue weighted by Gasteiger charge is -2.08. The smallest absolute Gasteiger partial charge is 0.199 e. The third-order valence-corrected chi connectivity index (χ3v) is 4.49. The zero-order valence-electron chi connectivity index (χ0n) is 10.3. The lowest BCUT2D eigenvalue weighted by atomic mass is 10.2. The highest BCUT2D eigenvalue weighted by Gasteiger charge is 2.12. The molecule has 0 aliphatic heterocycles. The van der Waals surface area contributed by atoms with Crippen LogP contribution in [-0.4, -0.2) is 0 Å². The van der Waals surface area contributed by atoms with E-state index in [1.165, 1.54) is 0 Å². The van der Waals surface area contributed by atoms with Crippen molar-refractivity contribution in [3.63, 3.8) is 0 Å². The van der Waals surface area contributed by atoms with Gasteiger partial charge in [0.2, 0.25) is 0 Å². The van der Waals surface area contributed by atoms with Crippen LogP contribution in [0.25, 0.3) is 11.0 Å². The first kappa shape index (κ1) is 14.0. The number of hydrogen-bond acceptors (Lipinski definition) is 2. The van der Waals surface area contributed by atoms with E-state index in [1.807, 2.05) is 42.5 Å². The summed E-state index contributed by atoms with van der Waals surface area (Å²) in [6.45, 7) is 0.607. The SMILES string of the molecule is Clc1oc2ccccc2c1CNc1ccc(Br)cc1Br. The second kappa shape index (κ2) is 5.80. The van der Waals surface area contributed by atoms with Crippen LogP contribution in [0, 0.1) is 0 Å². The average Bonchev–Trinajstić information content (AvgIpc) is 2.74. The number of fused-ring (bicyclic) bond motifs is 1. The Morgan fingerprint density at radius 2 is 1.90 bits per heavy atom. The number of benzene rings is 2. The Bertz CT molecular complexity index is 770. The molecule has 0 saturated heterocycles. The number of nitrogens with one attached hydrogen (secondary N) is 1. The number of anilines is 1. The monoisotopic (exact) mass is 413 g/mol. The van der Waals surface area contributed by atoms with E-state index in [-0.39, 0.29) is 0 Å². The summed E-state index contributed by atoms with van der Waals surface area (Å²) in [7, 11) is 0. The van der Waals surface area contributed by atoms with Crippen LogP contribution in [0.4, 0.5) is 5.69 Å². The van der Waals surface area contributed by atoms with E-state index < -0.39 is 0 Å². The molecule has 0 bridgehead atoms. The molecular formula is C15H10Br2ClNO. The van der Waals surface area contributed by atoms with Crippen LogP contribution in [0.3, 0.4) is 0 Å². The van der Waals surface area contributed by atoms with E-state index in [0.717, 1.165) is 31.2 Å². The van der Waals surface area contributed by atoms with Gasteiger partial charge >= 0.3 is 0 Å². The maximum absolute atomic E-state index is 6.17. The fourth-order valence-electron chi connectivity index (χ4n) is 2.05. The second-order valence-corrected chi connectivity index (χ2v) is 6.44. The van der Waals surface area contributed by atoms with Gasteiger partial charge in [-0.25, -0.2) is 0 Å². The van der Waals surface area contributed by atoms with E-state index in [4.69, 9.17) is 16.0 Å². The Kier molecular flexibility index (Phi) is 4.06. The number of rotatable bonds is 3. The molecule has 20 heavy (non-hydrogen) atoms. The first-order valence-electron chi connectivity index (χ1n) is 6.00. The van der Waals surface area contributed by atoms with Gasteiger partial charge in [-0.15, -0.1) is 0 Å². The van der Waals surface area contributed by atoms with Crippen LogP contribution in [0.1, 0.15) is 5.56 Å². The van der Waals surface area contributed by atoms with Crippen LogP contribution < -0.4 is 5.32 Å². The molecule has 3 aromatic rings. The fraction of sp³-hybridized carbons (Fsp3) is 0.0667. The minimum Gasteiger partial charge on any atom is -0.444 e. The van der Waals surface area contributed by atoms with Crippen molar-refractivity contribution < 1.29 is 4.42 Å². The summed E-state index contributed by atoms with van der Waals surface area (Å²) < 4.78 is 7.57. The molecule has 0 unspecified atom stereocenters. The molecule has 0 saturated carbocycles. The van der Waals surface area contributed by atoms with E-state index in [0.29, 0.717) is 11.8 Å². The molecule has 2 aromatic carbocycles. The van der Waals surface area contributed by atoms with Gasteiger partial charge in [0.05, 0.1) is 0 Å². The maximum atomic E-state index is 6.17. The van der Waals surface area contributed by atoms with Crippen molar-refractivity contribution >= 4 is 60.1 Å². The van der Waals surface area contributed by atoms with Crippen LogP contribution >= 0.6 is 43.5 Å². The molecule has 0 spiro atoms. The highest BCUT2D eigenvalue weighted by atomic mass is 79.9. The van der Waals surface area contributed by atoms with Crippen molar-refractivity contribution in [2.24, 2.45) is 0 Å². The molecule has 5 heteroatoms. The molecule has 0 radical (unpaired) electrons. The van der Waals surface area contributed by atoms with E-state index in [1.54, 1.807) is 0 Å². The molecule has 0 amide bonds. The second-order valence-electron chi connectivity index (χ2n) is 4.33. The standard InChI is InChI=1S/C15H10Br2ClNO/c16-9-5-6-13(12(17)7-9)19-8-11-10-3-1-2-4-14(10)20-15(11)18/h1-7,19H,8H2. The zero-order valence-corrected chi connectivity index (χ0v) is 14.2. The van der Waals surface area contributed by atoms with Gasteiger partial charge in [-0.2, -0.15) is 0 Å². The van der Waals surface area contributed by atoms with Crippen molar-refractivity contribution in [3.05, 3.63) is 62.2 Å². The highest BCUT2D eigenvalue weighted by Crippen LogP contribution is 2.31. The minimum absolute atomic E-state index is 0.437. The Hall–Kier alpha value is -0.970. The maximum Gasteiger partial charge on any atom is 0.199 e. The summed E-state index contributed by atoms with van der Waals surface area (Å²) in [5.41, 5.74) is 2.79. The number of hydrogen-bond donors (Lipinski definition) is 1. The molecular weight excluding hydrogens is 405 g/mol. The number of halogens is 3. The molecule has 1 N–H and O–H groups in total. The van der Waals surface area contributed by atoms with Gasteiger partial charge in [0.1, 0.15) is 5.58 Å². The summed E-state index contributed by atoms with van der Waals surface area (Å²) in [6.07, 6.45) is 0. The largest absolute Gasteiger partial charge is 0.444 e. The van der Waals surface area contributed by atoms with Crippen LogP contribution in [0.2, 0.25) is 5.22 Å². The topological polar surface area (TPSA) is 25.2 Å². The Balaban J connectivity index is 1.88. The van der Waals surface area contributed by atoms with Gasteiger partial charge in [0.15, 0.2) is 5.22 Å².